The second kappa shape index (κ2) is 4.01. The summed E-state index contributed by atoms with van der Waals surface area (Å²) in [4.78, 5) is 11.5. The van der Waals surface area contributed by atoms with Gasteiger partial charge in [0, 0.05) is 11.8 Å². The highest BCUT2D eigenvalue weighted by molar-refractivity contribution is 7.11. The molecule has 1 aromatic heterocycles. The van der Waals surface area contributed by atoms with Crippen LogP contribution >= 0.6 is 11.3 Å². The highest BCUT2D eigenvalue weighted by atomic mass is 32.1. The maximum atomic E-state index is 10.4. The van der Waals surface area contributed by atoms with Gasteiger partial charge in [-0.1, -0.05) is 0 Å². The van der Waals surface area contributed by atoms with Gasteiger partial charge in [0.15, 0.2) is 0 Å². The minimum Gasteiger partial charge on any atom is -0.274 e. The second-order valence-corrected chi connectivity index (χ2v) is 3.34. The van der Waals surface area contributed by atoms with Gasteiger partial charge in [0.2, 0.25) is 5.91 Å². The van der Waals surface area contributed by atoms with Gasteiger partial charge in [0.25, 0.3) is 0 Å². The van der Waals surface area contributed by atoms with Gasteiger partial charge in [-0.15, -0.1) is 11.3 Å². The molecule has 0 radical (unpaired) electrons. The van der Waals surface area contributed by atoms with Crippen molar-refractivity contribution in [2.75, 3.05) is 0 Å². The molecule has 1 amide bonds. The van der Waals surface area contributed by atoms with Crippen molar-refractivity contribution in [2.24, 2.45) is 5.10 Å². The van der Waals surface area contributed by atoms with Crippen LogP contribution in [0.1, 0.15) is 17.4 Å². The monoisotopic (exact) mass is 182 g/mol. The molecule has 4 heteroatoms. The first-order valence-electron chi connectivity index (χ1n) is 3.54. The molecule has 0 bridgehead atoms. The normalized spacial score (nSPS) is 10.5. The zero-order chi connectivity index (χ0) is 8.97. The Morgan fingerprint density at radius 3 is 3.00 bits per heavy atom. The fraction of sp³-hybridized carbons (Fsp3) is 0.250. The molecule has 12 heavy (non-hydrogen) atoms. The molecule has 0 unspecified atom stereocenters. The van der Waals surface area contributed by atoms with Crippen molar-refractivity contribution in [3.63, 3.8) is 0 Å². The van der Waals surface area contributed by atoms with Crippen molar-refractivity contribution in [2.45, 2.75) is 13.8 Å². The summed E-state index contributed by atoms with van der Waals surface area (Å²) >= 11 is 1.60. The average molecular weight is 182 g/mol. The number of thiophene rings is 1. The Balaban J connectivity index is 2.57. The number of hydrogen-bond acceptors (Lipinski definition) is 3. The number of hydrazone groups is 1. The summed E-state index contributed by atoms with van der Waals surface area (Å²) in [5.74, 6) is -0.152. The first-order valence-corrected chi connectivity index (χ1v) is 4.42. The Morgan fingerprint density at radius 1 is 1.75 bits per heavy atom. The molecule has 0 aromatic carbocycles. The van der Waals surface area contributed by atoms with Gasteiger partial charge in [0.05, 0.1) is 6.21 Å². The number of amides is 1. The third kappa shape index (κ3) is 2.47. The molecule has 0 aliphatic carbocycles. The summed E-state index contributed by atoms with van der Waals surface area (Å²) in [7, 11) is 0. The van der Waals surface area contributed by atoms with Gasteiger partial charge in [-0.2, -0.15) is 5.10 Å². The standard InChI is InChI=1S/C8H10N2OS/c1-6-3-4-12-8(6)5-9-10-7(2)11/h3-5H,1-2H3,(H,10,11)/b9-5+. The summed E-state index contributed by atoms with van der Waals surface area (Å²) < 4.78 is 0. The molecule has 1 N–H and O–H groups in total. The third-order valence-electron chi connectivity index (χ3n) is 1.31. The van der Waals surface area contributed by atoms with E-state index in [9.17, 15) is 4.79 Å². The largest absolute Gasteiger partial charge is 0.274 e. The van der Waals surface area contributed by atoms with Crippen molar-refractivity contribution in [3.05, 3.63) is 21.9 Å². The highest BCUT2D eigenvalue weighted by Gasteiger charge is 1.94. The van der Waals surface area contributed by atoms with E-state index in [1.54, 1.807) is 17.6 Å². The summed E-state index contributed by atoms with van der Waals surface area (Å²) in [5.41, 5.74) is 3.52. The average Bonchev–Trinajstić information content (AvgIpc) is 2.36. The predicted molar refractivity (Wildman–Crippen MR) is 50.5 cm³/mol. The summed E-state index contributed by atoms with van der Waals surface area (Å²) in [6, 6.07) is 2.01. The number of carbonyl (C=O) groups is 1. The van der Waals surface area contributed by atoms with Crippen LogP contribution in [0.25, 0.3) is 0 Å². The van der Waals surface area contributed by atoms with Crippen LogP contribution in [0.15, 0.2) is 16.5 Å². The summed E-state index contributed by atoms with van der Waals surface area (Å²) in [5, 5.41) is 5.75. The lowest BCUT2D eigenvalue weighted by Crippen LogP contribution is -2.12. The van der Waals surface area contributed by atoms with Crippen LogP contribution in [-0.4, -0.2) is 12.1 Å². The van der Waals surface area contributed by atoms with E-state index in [0.717, 1.165) is 4.88 Å². The minimum atomic E-state index is -0.152. The molecule has 0 saturated carbocycles. The number of carbonyl (C=O) groups excluding carboxylic acids is 1. The number of aryl methyl sites for hydroxylation is 1. The van der Waals surface area contributed by atoms with Crippen molar-refractivity contribution in [1.82, 2.24) is 5.43 Å². The molecule has 1 heterocycles. The van der Waals surface area contributed by atoms with Gasteiger partial charge in [0.1, 0.15) is 0 Å². The first-order chi connectivity index (χ1) is 5.70. The Morgan fingerprint density at radius 2 is 2.50 bits per heavy atom. The molecule has 3 nitrogen and oxygen atoms in total. The van der Waals surface area contributed by atoms with Crippen LogP contribution in [0.5, 0.6) is 0 Å². The Labute approximate surface area is 75.1 Å². The van der Waals surface area contributed by atoms with Crippen molar-refractivity contribution >= 4 is 23.5 Å². The maximum absolute atomic E-state index is 10.4. The molecule has 64 valence electrons. The zero-order valence-electron chi connectivity index (χ0n) is 7.00. The molecular weight excluding hydrogens is 172 g/mol. The van der Waals surface area contributed by atoms with E-state index in [1.165, 1.54) is 12.5 Å². The SMILES string of the molecule is CC(=O)N/N=C/c1sccc1C. The Bertz CT molecular complexity index is 304. The Hall–Kier alpha value is -1.16. The molecular formula is C8H10N2OS. The molecule has 0 fully saturated rings. The fourth-order valence-electron chi connectivity index (χ4n) is 0.699. The third-order valence-corrected chi connectivity index (χ3v) is 2.26. The lowest BCUT2D eigenvalue weighted by Gasteiger charge is -1.90. The predicted octanol–water partition coefficient (Wildman–Crippen LogP) is 1.53. The van der Waals surface area contributed by atoms with E-state index in [0.29, 0.717) is 0 Å². The molecule has 1 rings (SSSR count). The van der Waals surface area contributed by atoms with E-state index in [4.69, 9.17) is 0 Å². The number of nitrogens with zero attached hydrogens (tertiary/aromatic N) is 1. The van der Waals surface area contributed by atoms with Gasteiger partial charge >= 0.3 is 0 Å². The topological polar surface area (TPSA) is 41.5 Å². The number of hydrogen-bond donors (Lipinski definition) is 1. The van der Waals surface area contributed by atoms with E-state index < -0.39 is 0 Å². The van der Waals surface area contributed by atoms with Crippen LogP contribution in [0, 0.1) is 6.92 Å². The van der Waals surface area contributed by atoms with E-state index >= 15 is 0 Å². The summed E-state index contributed by atoms with van der Waals surface area (Å²) in [6.07, 6.45) is 1.65. The van der Waals surface area contributed by atoms with Crippen molar-refractivity contribution < 1.29 is 4.79 Å². The van der Waals surface area contributed by atoms with Crippen LogP contribution in [0.4, 0.5) is 0 Å². The zero-order valence-corrected chi connectivity index (χ0v) is 7.81. The quantitative estimate of drug-likeness (QED) is 0.547. The number of rotatable bonds is 2. The fourth-order valence-corrected chi connectivity index (χ4v) is 1.48. The van der Waals surface area contributed by atoms with Crippen molar-refractivity contribution in [1.29, 1.82) is 0 Å². The van der Waals surface area contributed by atoms with Crippen LogP contribution in [0.3, 0.4) is 0 Å². The van der Waals surface area contributed by atoms with Gasteiger partial charge in [-0.25, -0.2) is 5.43 Å². The minimum absolute atomic E-state index is 0.152. The van der Waals surface area contributed by atoms with Crippen LogP contribution in [0.2, 0.25) is 0 Å². The van der Waals surface area contributed by atoms with Gasteiger partial charge in [-0.05, 0) is 23.9 Å². The maximum Gasteiger partial charge on any atom is 0.236 e. The smallest absolute Gasteiger partial charge is 0.236 e. The lowest BCUT2D eigenvalue weighted by atomic mass is 10.3. The molecule has 0 saturated heterocycles. The van der Waals surface area contributed by atoms with Crippen LogP contribution in [-0.2, 0) is 4.79 Å². The number of nitrogens with one attached hydrogen (secondary N) is 1. The molecule has 0 atom stereocenters. The van der Waals surface area contributed by atoms with Crippen LogP contribution < -0.4 is 5.43 Å². The van der Waals surface area contributed by atoms with Gasteiger partial charge < -0.3 is 0 Å². The Kier molecular flexibility index (Phi) is 2.99. The van der Waals surface area contributed by atoms with E-state index in [-0.39, 0.29) is 5.91 Å². The van der Waals surface area contributed by atoms with Gasteiger partial charge in [-0.3, -0.25) is 4.79 Å². The van der Waals surface area contributed by atoms with E-state index in [2.05, 4.69) is 10.5 Å². The lowest BCUT2D eigenvalue weighted by molar-refractivity contribution is -0.118. The first kappa shape index (κ1) is 8.93. The van der Waals surface area contributed by atoms with Crippen molar-refractivity contribution in [3.8, 4) is 0 Å². The van der Waals surface area contributed by atoms with E-state index in [1.807, 2.05) is 18.4 Å². The second-order valence-electron chi connectivity index (χ2n) is 2.39. The molecule has 1 aromatic rings. The highest BCUT2D eigenvalue weighted by Crippen LogP contribution is 2.11. The molecule has 0 spiro atoms. The molecule has 0 aliphatic rings. The molecule has 0 aliphatic heterocycles. The summed E-state index contributed by atoms with van der Waals surface area (Å²) in [6.45, 7) is 3.43.